The van der Waals surface area contributed by atoms with Crippen LogP contribution in [0.5, 0.6) is 0 Å². The van der Waals surface area contributed by atoms with Crippen molar-refractivity contribution in [1.82, 2.24) is 0 Å². The molecule has 4 unspecified atom stereocenters. The molecule has 0 fully saturated rings. The van der Waals surface area contributed by atoms with E-state index in [1.54, 1.807) is 94.3 Å². The second-order valence-corrected chi connectivity index (χ2v) is 29.4. The predicted octanol–water partition coefficient (Wildman–Crippen LogP) is 19.7. The molecule has 392 valence electrons. The molecule has 0 aliphatic heterocycles. The van der Waals surface area contributed by atoms with Crippen LogP contribution in [0.4, 0.5) is 0 Å². The summed E-state index contributed by atoms with van der Waals surface area (Å²) in [6, 6.07) is 10.9. The Hall–Kier alpha value is -5.20. The van der Waals surface area contributed by atoms with Crippen LogP contribution in [0.3, 0.4) is 0 Å². The van der Waals surface area contributed by atoms with E-state index in [1.165, 1.54) is 63.6 Å². The molecule has 0 N–H and O–H groups in total. The van der Waals surface area contributed by atoms with Gasteiger partial charge in [0.05, 0.1) is 0 Å². The molecule has 0 aromatic heterocycles. The Kier molecular flexibility index (Phi) is 12.0. The van der Waals surface area contributed by atoms with Crippen molar-refractivity contribution < 1.29 is 0 Å². The number of hydrogen-bond acceptors (Lipinski definition) is 0. The van der Waals surface area contributed by atoms with Gasteiger partial charge < -0.3 is 0 Å². The van der Waals surface area contributed by atoms with Crippen LogP contribution >= 0.6 is 0 Å². The van der Waals surface area contributed by atoms with Crippen molar-refractivity contribution in [3.8, 4) is 0 Å². The summed E-state index contributed by atoms with van der Waals surface area (Å²) in [5.74, 6) is 1.54. The van der Waals surface area contributed by atoms with E-state index in [0.717, 1.165) is 77.0 Å². The predicted molar refractivity (Wildman–Crippen MR) is 327 cm³/mol. The molecule has 10 aliphatic rings. The van der Waals surface area contributed by atoms with Gasteiger partial charge in [0.2, 0.25) is 0 Å². The highest BCUT2D eigenvalue weighted by Gasteiger charge is 2.39. The van der Waals surface area contributed by atoms with E-state index in [1.807, 2.05) is 0 Å². The number of fused-ring (bicyclic) bond motifs is 2. The van der Waals surface area contributed by atoms with E-state index in [4.69, 9.17) is 0 Å². The van der Waals surface area contributed by atoms with Gasteiger partial charge in [0.25, 0.3) is 0 Å². The SMILES string of the molecule is CC(C)(C)C1=CC2=C(C=C(C(C)(C)C)CC2c2cc3c4c(c5c6c(cc(C7=CCCC8=C7CCC=C8)cc6c4c2)=CC(C2CC(C(C)(C)C)=CC4=C2C=C(C(C)(C)C)CC4)C5)CC(C2=CCCC4=C2CCC=C4)C=3)CC1. The Bertz CT molecular complexity index is 3590. The number of benzene rings is 3. The average Bonchev–Trinajstić information content (AvgIpc) is 3.46. The van der Waals surface area contributed by atoms with E-state index in [9.17, 15) is 0 Å². The first-order chi connectivity index (χ1) is 36.2. The maximum atomic E-state index is 2.85. The number of rotatable bonds is 4. The minimum Gasteiger partial charge on any atom is -0.0839 e. The van der Waals surface area contributed by atoms with Gasteiger partial charge in [-0.05, 0) is 264 Å². The summed E-state index contributed by atoms with van der Waals surface area (Å²) in [7, 11) is 0. The molecule has 0 heteroatoms. The fraction of sp³-hybridized carbons (Fsp3) is 0.474. The second-order valence-electron chi connectivity index (χ2n) is 29.4. The Morgan fingerprint density at radius 1 is 0.434 bits per heavy atom. The summed E-state index contributed by atoms with van der Waals surface area (Å²) in [6.07, 6.45) is 49.8. The van der Waals surface area contributed by atoms with Crippen LogP contribution in [0.1, 0.15) is 201 Å². The van der Waals surface area contributed by atoms with Crippen LogP contribution in [0.2, 0.25) is 0 Å². The van der Waals surface area contributed by atoms with E-state index in [2.05, 4.69) is 180 Å². The molecule has 0 nitrogen and oxygen atoms in total. The number of hydrogen-bond donors (Lipinski definition) is 0. The van der Waals surface area contributed by atoms with Crippen molar-refractivity contribution in [3.05, 3.63) is 190 Å². The van der Waals surface area contributed by atoms with E-state index >= 15 is 0 Å². The highest BCUT2D eigenvalue weighted by Crippen LogP contribution is 2.53. The van der Waals surface area contributed by atoms with E-state index < -0.39 is 0 Å². The molecule has 0 amide bonds. The lowest BCUT2D eigenvalue weighted by Crippen LogP contribution is -2.31. The third-order valence-electron chi connectivity index (χ3n) is 20.6. The Morgan fingerprint density at radius 2 is 1.00 bits per heavy atom. The number of allylic oxidation sites excluding steroid dienone is 24. The fourth-order valence-electron chi connectivity index (χ4n) is 16.1. The third kappa shape index (κ3) is 8.69. The summed E-state index contributed by atoms with van der Waals surface area (Å²) in [5, 5.41) is 9.15. The maximum absolute atomic E-state index is 2.85. The Labute approximate surface area is 458 Å². The van der Waals surface area contributed by atoms with Crippen molar-refractivity contribution in [2.45, 2.75) is 192 Å². The lowest BCUT2D eigenvalue weighted by Gasteiger charge is -2.41. The van der Waals surface area contributed by atoms with Crippen LogP contribution in [0.15, 0.2) is 157 Å². The highest BCUT2D eigenvalue weighted by atomic mass is 14.4. The van der Waals surface area contributed by atoms with Gasteiger partial charge >= 0.3 is 0 Å². The maximum Gasteiger partial charge on any atom is 0.0130 e. The first-order valence-corrected chi connectivity index (χ1v) is 30.4. The monoisotopic (exact) mass is 1000 g/mol. The Morgan fingerprint density at radius 3 is 1.67 bits per heavy atom. The molecule has 10 aliphatic carbocycles. The molecule has 4 atom stereocenters. The molecule has 13 rings (SSSR count). The molecule has 0 saturated carbocycles. The summed E-state index contributed by atoms with van der Waals surface area (Å²) in [5.41, 5.74) is 29.4. The zero-order valence-corrected chi connectivity index (χ0v) is 48.9. The van der Waals surface area contributed by atoms with Crippen LogP contribution in [0.25, 0.3) is 39.3 Å². The van der Waals surface area contributed by atoms with Gasteiger partial charge in [-0.3, -0.25) is 0 Å². The summed E-state index contributed by atoms with van der Waals surface area (Å²) >= 11 is 0. The summed E-state index contributed by atoms with van der Waals surface area (Å²) in [4.78, 5) is 0. The van der Waals surface area contributed by atoms with Gasteiger partial charge in [0.1, 0.15) is 0 Å². The normalized spacial score (nSPS) is 25.7. The molecule has 0 heterocycles. The zero-order chi connectivity index (χ0) is 52.8. The van der Waals surface area contributed by atoms with Crippen molar-refractivity contribution in [1.29, 1.82) is 0 Å². The first-order valence-electron chi connectivity index (χ1n) is 30.4. The smallest absolute Gasteiger partial charge is 0.0130 e. The van der Waals surface area contributed by atoms with Gasteiger partial charge in [-0.25, -0.2) is 0 Å². The zero-order valence-electron chi connectivity index (χ0n) is 48.9. The minimum atomic E-state index is 0.109. The first kappa shape index (κ1) is 50.3. The lowest BCUT2D eigenvalue weighted by molar-refractivity contribution is 0.393. The van der Waals surface area contributed by atoms with Gasteiger partial charge in [-0.2, -0.15) is 0 Å². The van der Waals surface area contributed by atoms with Crippen LogP contribution in [-0.4, -0.2) is 0 Å². The van der Waals surface area contributed by atoms with Crippen molar-refractivity contribution >= 4 is 39.3 Å². The molecular formula is C76H88. The molecule has 3 aromatic rings. The standard InChI is InChI=1S/C76H88/c1-73(2,3)55-29-27-47-35-57(75(7,8)9)43-65(63(47)41-55)51-33-53-31-49(61-25-17-21-45-19-13-15-23-59(45)61)38-68-70-40-52(66-44-58(76(10,11)12)36-48-28-30-56(42-64(48)66)74(4,5)6)34-54-32-50(37-67(72(54)70)69(39-51)71(53)68)62-26-18-22-46-20-14-16-24-60(46)62/h13-14,19-20,25-26,31-37,39,41-42,49,52,65-66H,15-18,21-24,27-30,38,40,43-44H2,1-12H3. The van der Waals surface area contributed by atoms with Crippen molar-refractivity contribution in [2.24, 2.45) is 39.4 Å². The average molecular weight is 1000 g/mol. The lowest BCUT2D eigenvalue weighted by atomic mass is 9.64. The topological polar surface area (TPSA) is 0 Å². The van der Waals surface area contributed by atoms with Gasteiger partial charge in [-0.15, -0.1) is 0 Å². The van der Waals surface area contributed by atoms with Crippen LogP contribution in [0, 0.1) is 39.4 Å². The molecule has 3 aromatic carbocycles. The van der Waals surface area contributed by atoms with E-state index in [0.29, 0.717) is 23.7 Å². The quantitative estimate of drug-likeness (QED) is 0.229. The van der Waals surface area contributed by atoms with Gasteiger partial charge in [0, 0.05) is 11.8 Å². The molecule has 0 saturated heterocycles. The molecule has 76 heavy (non-hydrogen) atoms. The summed E-state index contributed by atoms with van der Waals surface area (Å²) < 4.78 is 0. The fourth-order valence-corrected chi connectivity index (χ4v) is 16.1. The van der Waals surface area contributed by atoms with Crippen molar-refractivity contribution in [3.63, 3.8) is 0 Å². The van der Waals surface area contributed by atoms with E-state index in [-0.39, 0.29) is 21.7 Å². The molecule has 0 radical (unpaired) electrons. The third-order valence-corrected chi connectivity index (χ3v) is 20.6. The van der Waals surface area contributed by atoms with Crippen LogP contribution < -0.4 is 10.4 Å². The molecule has 0 spiro atoms. The highest BCUT2D eigenvalue weighted by molar-refractivity contribution is 6.13. The van der Waals surface area contributed by atoms with Crippen LogP contribution in [-0.2, 0) is 12.8 Å². The van der Waals surface area contributed by atoms with Gasteiger partial charge in [-0.1, -0.05) is 184 Å². The molecular weight excluding hydrogens is 913 g/mol. The second kappa shape index (κ2) is 18.2. The summed E-state index contributed by atoms with van der Waals surface area (Å²) in [6.45, 7) is 29.4. The Balaban J connectivity index is 1.10. The molecule has 0 bridgehead atoms. The van der Waals surface area contributed by atoms with Gasteiger partial charge in [0.15, 0.2) is 0 Å². The minimum absolute atomic E-state index is 0.109. The largest absolute Gasteiger partial charge is 0.0839 e. The van der Waals surface area contributed by atoms with Crippen molar-refractivity contribution in [2.75, 3.05) is 0 Å².